The van der Waals surface area contributed by atoms with Crippen molar-refractivity contribution in [1.29, 1.82) is 0 Å². The number of benzene rings is 1. The predicted molar refractivity (Wildman–Crippen MR) is 121 cm³/mol. The number of rotatable bonds is 5. The lowest BCUT2D eigenvalue weighted by atomic mass is 9.98. The Balaban J connectivity index is 1.50. The second-order valence-corrected chi connectivity index (χ2v) is 11.7. The van der Waals surface area contributed by atoms with Crippen molar-refractivity contribution < 1.29 is 13.2 Å². The molecule has 10 heteroatoms. The minimum Gasteiger partial charge on any atom is -0.326 e. The van der Waals surface area contributed by atoms with Crippen LogP contribution >= 0.6 is 22.7 Å². The number of fused-ring (bicyclic) bond motifs is 1. The molecule has 0 aliphatic carbocycles. The number of piperidine rings is 1. The van der Waals surface area contributed by atoms with E-state index in [0.29, 0.717) is 29.3 Å². The monoisotopic (exact) mass is 465 g/mol. The normalized spacial score (nSPS) is 18.2. The molecule has 1 aliphatic rings. The van der Waals surface area contributed by atoms with E-state index >= 15 is 0 Å². The molecular weight excluding hydrogens is 442 g/mol. The van der Waals surface area contributed by atoms with Crippen molar-refractivity contribution >= 4 is 54.5 Å². The van der Waals surface area contributed by atoms with Crippen molar-refractivity contribution in [3.05, 3.63) is 45.4 Å². The fourth-order valence-electron chi connectivity index (χ4n) is 3.76. The number of anilines is 1. The number of carbonyl (C=O) groups is 1. The van der Waals surface area contributed by atoms with Gasteiger partial charge in [-0.3, -0.25) is 14.2 Å². The van der Waals surface area contributed by atoms with Gasteiger partial charge in [-0.2, -0.15) is 4.31 Å². The molecule has 0 bridgehead atoms. The fourth-order valence-corrected chi connectivity index (χ4v) is 7.48. The number of sulfonamides is 1. The molecule has 4 rings (SSSR count). The molecule has 3 aromatic rings. The molecule has 0 saturated carbocycles. The SMILES string of the molecule is CC(C)n1c(=O)sc2cc(NC(=O)[C@@H]3CCCN(S(=O)(=O)c4cccs4)C3)ccc21. The van der Waals surface area contributed by atoms with Gasteiger partial charge >= 0.3 is 4.87 Å². The molecule has 1 atom stereocenters. The van der Waals surface area contributed by atoms with E-state index < -0.39 is 15.9 Å². The van der Waals surface area contributed by atoms with Crippen molar-refractivity contribution in [2.75, 3.05) is 18.4 Å². The highest BCUT2D eigenvalue weighted by atomic mass is 32.2. The summed E-state index contributed by atoms with van der Waals surface area (Å²) in [5.41, 5.74) is 1.46. The Hall–Kier alpha value is -2.01. The summed E-state index contributed by atoms with van der Waals surface area (Å²) in [6.07, 6.45) is 1.28. The van der Waals surface area contributed by atoms with E-state index in [2.05, 4.69) is 5.32 Å². The van der Waals surface area contributed by atoms with Crippen LogP contribution in [0.3, 0.4) is 0 Å². The fraction of sp³-hybridized carbons (Fsp3) is 0.400. The van der Waals surface area contributed by atoms with Crippen LogP contribution < -0.4 is 10.2 Å². The number of thiazole rings is 1. The van der Waals surface area contributed by atoms with Gasteiger partial charge in [0.25, 0.3) is 10.0 Å². The molecule has 0 spiro atoms. The maximum atomic E-state index is 12.8. The molecule has 2 aromatic heterocycles. The largest absolute Gasteiger partial charge is 0.326 e. The molecule has 0 unspecified atom stereocenters. The summed E-state index contributed by atoms with van der Waals surface area (Å²) < 4.78 is 29.8. The summed E-state index contributed by atoms with van der Waals surface area (Å²) in [7, 11) is -3.56. The quantitative estimate of drug-likeness (QED) is 0.622. The summed E-state index contributed by atoms with van der Waals surface area (Å²) >= 11 is 2.34. The van der Waals surface area contributed by atoms with Crippen LogP contribution in [0, 0.1) is 5.92 Å². The summed E-state index contributed by atoms with van der Waals surface area (Å²) in [6, 6.07) is 8.80. The van der Waals surface area contributed by atoms with Crippen LogP contribution in [0.1, 0.15) is 32.7 Å². The molecule has 1 aliphatic heterocycles. The average Bonchev–Trinajstić information content (AvgIpc) is 3.35. The van der Waals surface area contributed by atoms with Crippen molar-refractivity contribution in [2.24, 2.45) is 5.92 Å². The molecule has 3 heterocycles. The second kappa shape index (κ2) is 8.26. The van der Waals surface area contributed by atoms with Gasteiger partial charge in [0.15, 0.2) is 0 Å². The highest BCUT2D eigenvalue weighted by Gasteiger charge is 2.33. The number of thiophene rings is 1. The Kier molecular flexibility index (Phi) is 5.84. The lowest BCUT2D eigenvalue weighted by molar-refractivity contribution is -0.120. The van der Waals surface area contributed by atoms with Gasteiger partial charge in [0.1, 0.15) is 4.21 Å². The molecule has 0 radical (unpaired) electrons. The van der Waals surface area contributed by atoms with E-state index in [1.54, 1.807) is 34.2 Å². The van der Waals surface area contributed by atoms with Crippen LogP contribution in [-0.4, -0.2) is 36.3 Å². The zero-order valence-corrected chi connectivity index (χ0v) is 19.1. The first-order valence-corrected chi connectivity index (χ1v) is 12.9. The van der Waals surface area contributed by atoms with Crippen LogP contribution in [0.2, 0.25) is 0 Å². The highest BCUT2D eigenvalue weighted by molar-refractivity contribution is 7.91. The number of hydrogen-bond acceptors (Lipinski definition) is 6. The van der Waals surface area contributed by atoms with E-state index in [0.717, 1.165) is 21.6 Å². The lowest BCUT2D eigenvalue weighted by Crippen LogP contribution is -2.43. The smallest absolute Gasteiger partial charge is 0.308 e. The van der Waals surface area contributed by atoms with Gasteiger partial charge in [0.05, 0.1) is 16.1 Å². The van der Waals surface area contributed by atoms with Gasteiger partial charge in [0, 0.05) is 24.8 Å². The second-order valence-electron chi connectivity index (χ2n) is 7.64. The Labute approximate surface area is 183 Å². The van der Waals surface area contributed by atoms with E-state index in [1.165, 1.54) is 15.6 Å². The highest BCUT2D eigenvalue weighted by Crippen LogP contribution is 2.28. The Morgan fingerprint density at radius 1 is 1.27 bits per heavy atom. The van der Waals surface area contributed by atoms with E-state index in [4.69, 9.17) is 0 Å². The molecule has 160 valence electrons. The number of carbonyl (C=O) groups excluding carboxylic acids is 1. The standard InChI is InChI=1S/C20H23N3O4S3/c1-13(2)23-16-8-7-15(11-17(16)29-20(23)25)21-19(24)14-5-3-9-22(12-14)30(26,27)18-6-4-10-28-18/h4,6-8,10-11,13-14H,3,5,9,12H2,1-2H3,(H,21,24)/t14-/m1/s1. The maximum absolute atomic E-state index is 12.8. The Morgan fingerprint density at radius 3 is 2.77 bits per heavy atom. The van der Waals surface area contributed by atoms with Gasteiger partial charge in [-0.1, -0.05) is 17.4 Å². The van der Waals surface area contributed by atoms with Gasteiger partial charge in [-0.15, -0.1) is 11.3 Å². The number of nitrogens with one attached hydrogen (secondary N) is 1. The molecule has 1 N–H and O–H groups in total. The van der Waals surface area contributed by atoms with Gasteiger partial charge < -0.3 is 5.32 Å². The van der Waals surface area contributed by atoms with Gasteiger partial charge in [-0.05, 0) is 56.3 Å². The first-order valence-electron chi connectivity index (χ1n) is 9.77. The van der Waals surface area contributed by atoms with Gasteiger partial charge in [-0.25, -0.2) is 8.42 Å². The number of hydrogen-bond donors (Lipinski definition) is 1. The minimum atomic E-state index is -3.56. The van der Waals surface area contributed by atoms with Crippen LogP contribution in [0.25, 0.3) is 10.2 Å². The van der Waals surface area contributed by atoms with Crippen LogP contribution in [0.5, 0.6) is 0 Å². The molecule has 1 saturated heterocycles. The number of nitrogens with zero attached hydrogens (tertiary/aromatic N) is 2. The maximum Gasteiger partial charge on any atom is 0.308 e. The summed E-state index contributed by atoms with van der Waals surface area (Å²) in [4.78, 5) is 25.0. The summed E-state index contributed by atoms with van der Waals surface area (Å²) in [5.74, 6) is -0.612. The third kappa shape index (κ3) is 3.96. The summed E-state index contributed by atoms with van der Waals surface area (Å²) in [5, 5.41) is 4.64. The van der Waals surface area contributed by atoms with E-state index in [9.17, 15) is 18.0 Å². The third-order valence-corrected chi connectivity index (χ3v) is 9.40. The molecule has 1 fully saturated rings. The van der Waals surface area contributed by atoms with Crippen LogP contribution in [-0.2, 0) is 14.8 Å². The first kappa shape index (κ1) is 21.2. The topological polar surface area (TPSA) is 88.5 Å². The number of amides is 1. The predicted octanol–water partition coefficient (Wildman–Crippen LogP) is 3.74. The summed E-state index contributed by atoms with van der Waals surface area (Å²) in [6.45, 7) is 4.52. The molecule has 7 nitrogen and oxygen atoms in total. The molecule has 1 aromatic carbocycles. The van der Waals surface area contributed by atoms with E-state index in [1.807, 2.05) is 19.9 Å². The number of aromatic nitrogens is 1. The average molecular weight is 466 g/mol. The third-order valence-electron chi connectivity index (χ3n) is 5.24. The molecular formula is C20H23N3O4S3. The van der Waals surface area contributed by atoms with Crippen molar-refractivity contribution in [3.8, 4) is 0 Å². The van der Waals surface area contributed by atoms with Crippen molar-refractivity contribution in [3.63, 3.8) is 0 Å². The van der Waals surface area contributed by atoms with Gasteiger partial charge in [0.2, 0.25) is 5.91 Å². The zero-order valence-electron chi connectivity index (χ0n) is 16.7. The van der Waals surface area contributed by atoms with E-state index in [-0.39, 0.29) is 23.4 Å². The van der Waals surface area contributed by atoms with Crippen molar-refractivity contribution in [1.82, 2.24) is 8.87 Å². The minimum absolute atomic E-state index is 0.0230. The van der Waals surface area contributed by atoms with Crippen molar-refractivity contribution in [2.45, 2.75) is 36.9 Å². The Morgan fingerprint density at radius 2 is 2.07 bits per heavy atom. The first-order chi connectivity index (χ1) is 14.3. The van der Waals surface area contributed by atoms with Crippen LogP contribution in [0.15, 0.2) is 44.7 Å². The van der Waals surface area contributed by atoms with Crippen LogP contribution in [0.4, 0.5) is 5.69 Å². The molecule has 30 heavy (non-hydrogen) atoms. The lowest BCUT2D eigenvalue weighted by Gasteiger charge is -2.30. The molecule has 1 amide bonds. The Bertz CT molecular complexity index is 1230. The zero-order chi connectivity index (χ0) is 21.5.